The molecule has 0 aromatic heterocycles. The number of benzene rings is 3. The zero-order valence-electron chi connectivity index (χ0n) is 18.1. The van der Waals surface area contributed by atoms with Crippen LogP contribution in [-0.4, -0.2) is 29.8 Å². The van der Waals surface area contributed by atoms with Crippen molar-refractivity contribution in [2.75, 3.05) is 12.1 Å². The molecule has 176 valence electrons. The van der Waals surface area contributed by atoms with Gasteiger partial charge < -0.3 is 9.47 Å². The highest BCUT2D eigenvalue weighted by atomic mass is 35.5. The van der Waals surface area contributed by atoms with Gasteiger partial charge in [-0.05, 0) is 36.4 Å². The van der Waals surface area contributed by atoms with E-state index in [2.05, 4.69) is 5.43 Å². The van der Waals surface area contributed by atoms with Gasteiger partial charge in [0.05, 0.1) is 17.7 Å². The molecule has 3 aromatic rings. The van der Waals surface area contributed by atoms with Crippen molar-refractivity contribution >= 4 is 46.8 Å². The number of hydrazine groups is 1. The van der Waals surface area contributed by atoms with Crippen LogP contribution in [0.4, 0.5) is 11.4 Å². The Bertz CT molecular complexity index is 1390. The summed E-state index contributed by atoms with van der Waals surface area (Å²) in [7, 11) is 1.34. The number of para-hydroxylation sites is 2. The number of hydrogen-bond donors (Lipinski definition) is 1. The number of anilines is 1. The summed E-state index contributed by atoms with van der Waals surface area (Å²) in [5, 5.41) is 12.9. The fourth-order valence-corrected chi connectivity index (χ4v) is 3.54. The average Bonchev–Trinajstić information content (AvgIpc) is 3.13. The lowest BCUT2D eigenvalue weighted by Gasteiger charge is -2.14. The molecule has 0 bridgehead atoms. The molecule has 11 heteroatoms. The van der Waals surface area contributed by atoms with Gasteiger partial charge in [-0.1, -0.05) is 41.9 Å². The summed E-state index contributed by atoms with van der Waals surface area (Å²) in [6, 6.07) is 16.5. The number of methoxy groups -OCH3 is 1. The Kier molecular flexibility index (Phi) is 6.47. The fourth-order valence-electron chi connectivity index (χ4n) is 3.37. The molecule has 1 aliphatic heterocycles. The second-order valence-corrected chi connectivity index (χ2v) is 7.60. The Balaban J connectivity index is 1.75. The molecule has 0 spiro atoms. The van der Waals surface area contributed by atoms with Gasteiger partial charge in [0, 0.05) is 16.7 Å². The van der Waals surface area contributed by atoms with Crippen LogP contribution in [0.25, 0.3) is 6.08 Å². The van der Waals surface area contributed by atoms with Crippen LogP contribution in [0.3, 0.4) is 0 Å². The lowest BCUT2D eigenvalue weighted by atomic mass is 10.1. The van der Waals surface area contributed by atoms with Gasteiger partial charge in [-0.25, -0.2) is 9.80 Å². The largest absolute Gasteiger partial charge is 0.496 e. The molecule has 0 unspecified atom stereocenters. The SMILES string of the molecule is COc1ccc(Cl)cc1C(=O)Oc1c(C=C2C(=O)NN(c3ccccc3)C2=O)cccc1[N+](=O)[O-]. The van der Waals surface area contributed by atoms with Gasteiger partial charge in [-0.15, -0.1) is 0 Å². The minimum absolute atomic E-state index is 0.0260. The van der Waals surface area contributed by atoms with Crippen molar-refractivity contribution in [3.05, 3.63) is 98.6 Å². The normalized spacial score (nSPS) is 14.1. The zero-order chi connectivity index (χ0) is 25.1. The molecular formula is C24H16ClN3O7. The minimum atomic E-state index is -0.980. The van der Waals surface area contributed by atoms with Crippen molar-refractivity contribution in [1.29, 1.82) is 0 Å². The first-order chi connectivity index (χ1) is 16.8. The number of ether oxygens (including phenoxy) is 2. The van der Waals surface area contributed by atoms with E-state index in [9.17, 15) is 24.5 Å². The molecule has 0 radical (unpaired) electrons. The molecule has 1 heterocycles. The molecule has 10 nitrogen and oxygen atoms in total. The van der Waals surface area contributed by atoms with Crippen LogP contribution in [-0.2, 0) is 9.59 Å². The summed E-state index contributed by atoms with van der Waals surface area (Å²) in [5.41, 5.74) is 1.93. The summed E-state index contributed by atoms with van der Waals surface area (Å²) in [4.78, 5) is 49.3. The monoisotopic (exact) mass is 493 g/mol. The number of nitrogens with one attached hydrogen (secondary N) is 1. The number of halogens is 1. The maximum Gasteiger partial charge on any atom is 0.347 e. The molecule has 0 saturated carbocycles. The first-order valence-corrected chi connectivity index (χ1v) is 10.4. The minimum Gasteiger partial charge on any atom is -0.496 e. The molecular weight excluding hydrogens is 478 g/mol. The molecule has 35 heavy (non-hydrogen) atoms. The smallest absolute Gasteiger partial charge is 0.347 e. The third kappa shape index (κ3) is 4.68. The summed E-state index contributed by atoms with van der Waals surface area (Å²) >= 11 is 5.98. The van der Waals surface area contributed by atoms with Gasteiger partial charge in [0.1, 0.15) is 16.9 Å². The van der Waals surface area contributed by atoms with Crippen molar-refractivity contribution in [3.8, 4) is 11.5 Å². The highest BCUT2D eigenvalue weighted by Gasteiger charge is 2.35. The Hall–Kier alpha value is -4.70. The number of rotatable bonds is 6. The zero-order valence-corrected chi connectivity index (χ0v) is 18.8. The summed E-state index contributed by atoms with van der Waals surface area (Å²) in [5.74, 6) is -2.69. The van der Waals surface area contributed by atoms with E-state index < -0.39 is 34.1 Å². The lowest BCUT2D eigenvalue weighted by Crippen LogP contribution is -2.35. The number of esters is 1. The Labute approximate surface area is 203 Å². The van der Waals surface area contributed by atoms with E-state index in [1.54, 1.807) is 30.3 Å². The number of amides is 2. The third-order valence-corrected chi connectivity index (χ3v) is 5.24. The maximum absolute atomic E-state index is 12.9. The van der Waals surface area contributed by atoms with Crippen LogP contribution in [0.1, 0.15) is 15.9 Å². The van der Waals surface area contributed by atoms with Gasteiger partial charge in [-0.2, -0.15) is 0 Å². The number of nitro groups is 1. The van der Waals surface area contributed by atoms with Gasteiger partial charge in [0.2, 0.25) is 5.75 Å². The van der Waals surface area contributed by atoms with Crippen LogP contribution >= 0.6 is 11.6 Å². The second-order valence-electron chi connectivity index (χ2n) is 7.16. The predicted molar refractivity (Wildman–Crippen MR) is 126 cm³/mol. The van der Waals surface area contributed by atoms with E-state index in [-0.39, 0.29) is 27.5 Å². The van der Waals surface area contributed by atoms with Gasteiger partial charge in [0.25, 0.3) is 11.8 Å². The van der Waals surface area contributed by atoms with Gasteiger partial charge >= 0.3 is 11.7 Å². The van der Waals surface area contributed by atoms with Crippen molar-refractivity contribution in [2.24, 2.45) is 0 Å². The van der Waals surface area contributed by atoms with Crippen LogP contribution in [0.5, 0.6) is 11.5 Å². The van der Waals surface area contributed by atoms with Crippen molar-refractivity contribution in [3.63, 3.8) is 0 Å². The molecule has 1 aliphatic rings. The summed E-state index contributed by atoms with van der Waals surface area (Å²) < 4.78 is 10.5. The van der Waals surface area contributed by atoms with Crippen LogP contribution in [0.2, 0.25) is 5.02 Å². The van der Waals surface area contributed by atoms with Crippen LogP contribution in [0.15, 0.2) is 72.3 Å². The number of carbonyl (C=O) groups excluding carboxylic acids is 3. The van der Waals surface area contributed by atoms with E-state index in [0.29, 0.717) is 5.69 Å². The first-order valence-electron chi connectivity index (χ1n) is 10.1. The number of nitrogens with zero attached hydrogens (tertiary/aromatic N) is 2. The van der Waals surface area contributed by atoms with E-state index in [0.717, 1.165) is 17.2 Å². The predicted octanol–water partition coefficient (Wildman–Crippen LogP) is 3.94. The quantitative estimate of drug-likeness (QED) is 0.137. The molecule has 0 aliphatic carbocycles. The van der Waals surface area contributed by atoms with Crippen molar-refractivity contribution < 1.29 is 28.8 Å². The summed E-state index contributed by atoms with van der Waals surface area (Å²) in [6.07, 6.45) is 1.13. The molecule has 3 aromatic carbocycles. The lowest BCUT2D eigenvalue weighted by molar-refractivity contribution is -0.385. The number of hydrogen-bond acceptors (Lipinski definition) is 7. The van der Waals surface area contributed by atoms with Crippen LogP contribution < -0.4 is 19.9 Å². The Morgan fingerprint density at radius 1 is 1.09 bits per heavy atom. The third-order valence-electron chi connectivity index (χ3n) is 5.00. The molecule has 1 N–H and O–H groups in total. The second kappa shape index (κ2) is 9.65. The standard InChI is InChI=1S/C24H16ClN3O7/c1-34-20-11-10-15(25)13-17(20)24(31)35-21-14(6-5-9-19(21)28(32)33)12-18-22(29)26-27(23(18)30)16-7-3-2-4-8-16/h2-13H,1H3,(H,26,29). The van der Waals surface area contributed by atoms with E-state index in [1.165, 1.54) is 37.4 Å². The van der Waals surface area contributed by atoms with E-state index >= 15 is 0 Å². The highest BCUT2D eigenvalue weighted by Crippen LogP contribution is 2.35. The molecule has 1 saturated heterocycles. The first kappa shape index (κ1) is 23.5. The van der Waals surface area contributed by atoms with Crippen LogP contribution in [0, 0.1) is 10.1 Å². The average molecular weight is 494 g/mol. The van der Waals surface area contributed by atoms with Crippen molar-refractivity contribution in [1.82, 2.24) is 5.43 Å². The van der Waals surface area contributed by atoms with Gasteiger partial charge in [-0.3, -0.25) is 25.1 Å². The Morgan fingerprint density at radius 2 is 1.83 bits per heavy atom. The molecule has 4 rings (SSSR count). The fraction of sp³-hybridized carbons (Fsp3) is 0.0417. The maximum atomic E-state index is 12.9. The molecule has 2 amide bonds. The summed E-state index contributed by atoms with van der Waals surface area (Å²) in [6.45, 7) is 0. The van der Waals surface area contributed by atoms with E-state index in [4.69, 9.17) is 21.1 Å². The topological polar surface area (TPSA) is 128 Å². The molecule has 1 fully saturated rings. The molecule has 0 atom stereocenters. The Morgan fingerprint density at radius 3 is 2.51 bits per heavy atom. The number of nitro benzene ring substituents is 1. The van der Waals surface area contributed by atoms with E-state index in [1.807, 2.05) is 0 Å². The van der Waals surface area contributed by atoms with Gasteiger partial charge in [0.15, 0.2) is 0 Å². The number of carbonyl (C=O) groups is 3. The highest BCUT2D eigenvalue weighted by molar-refractivity contribution is 6.32. The van der Waals surface area contributed by atoms with Crippen molar-refractivity contribution in [2.45, 2.75) is 0 Å².